The van der Waals surface area contributed by atoms with Gasteiger partial charge in [-0.1, -0.05) is 39.5 Å². The molecule has 0 aliphatic rings. The monoisotopic (exact) mass is 199 g/mol. The fourth-order valence-electron chi connectivity index (χ4n) is 1.15. The van der Waals surface area contributed by atoms with Crippen LogP contribution in [-0.4, -0.2) is 19.1 Å². The lowest BCUT2D eigenvalue weighted by atomic mass is 10.2. The number of rotatable bonds is 8. The number of urea groups is 1. The first-order valence-corrected chi connectivity index (χ1v) is 5.76. The summed E-state index contributed by atoms with van der Waals surface area (Å²) in [4.78, 5) is 11.1. The lowest BCUT2D eigenvalue weighted by Crippen LogP contribution is -2.31. The Labute approximate surface area is 87.6 Å². The number of nitrogens with one attached hydrogen (secondary N) is 1. The highest BCUT2D eigenvalue weighted by molar-refractivity contribution is 5.73. The van der Waals surface area contributed by atoms with E-state index in [1.165, 1.54) is 19.3 Å². The molecule has 0 saturated carbocycles. The Morgan fingerprint density at radius 2 is 1.79 bits per heavy atom. The molecule has 0 atom stereocenters. The Morgan fingerprint density at radius 1 is 1.07 bits per heavy atom. The minimum Gasteiger partial charge on any atom is -0.337 e. The summed E-state index contributed by atoms with van der Waals surface area (Å²) in [6, 6.07) is -0.144. The van der Waals surface area contributed by atoms with Crippen LogP contribution in [0.15, 0.2) is 0 Å². The lowest BCUT2D eigenvalue weighted by molar-refractivity contribution is 0.239. The summed E-state index contributed by atoms with van der Waals surface area (Å²) < 4.78 is 0. The maximum atomic E-state index is 11.1. The molecule has 0 saturated heterocycles. The maximum absolute atomic E-state index is 11.1. The molecular formula is C11H23N2O. The van der Waals surface area contributed by atoms with Crippen LogP contribution in [0.2, 0.25) is 0 Å². The van der Waals surface area contributed by atoms with Gasteiger partial charge in [0, 0.05) is 13.1 Å². The second-order valence-electron chi connectivity index (χ2n) is 3.53. The van der Waals surface area contributed by atoms with Crippen LogP contribution in [0.3, 0.4) is 0 Å². The van der Waals surface area contributed by atoms with Gasteiger partial charge in [-0.15, -0.1) is 0 Å². The van der Waals surface area contributed by atoms with E-state index < -0.39 is 0 Å². The zero-order chi connectivity index (χ0) is 10.6. The first-order valence-electron chi connectivity index (χ1n) is 5.76. The van der Waals surface area contributed by atoms with Crippen LogP contribution in [0.4, 0.5) is 4.79 Å². The predicted molar refractivity (Wildman–Crippen MR) is 59.4 cm³/mol. The van der Waals surface area contributed by atoms with Crippen LogP contribution >= 0.6 is 0 Å². The molecular weight excluding hydrogens is 176 g/mol. The standard InChI is InChI=1S/C11H23N2O/c1-3-5-7-8-10-13-11(14)12-9-6-4-2/h3-10H2,1-2H3,(H,12,14). The highest BCUT2D eigenvalue weighted by Crippen LogP contribution is 1.97. The summed E-state index contributed by atoms with van der Waals surface area (Å²) >= 11 is 0. The van der Waals surface area contributed by atoms with E-state index in [0.29, 0.717) is 6.54 Å². The Kier molecular flexibility index (Phi) is 9.81. The largest absolute Gasteiger partial charge is 0.337 e. The molecule has 0 aliphatic carbocycles. The number of hydrogen-bond acceptors (Lipinski definition) is 1. The van der Waals surface area contributed by atoms with Crippen molar-refractivity contribution in [1.29, 1.82) is 0 Å². The highest BCUT2D eigenvalue weighted by atomic mass is 16.2. The first-order chi connectivity index (χ1) is 6.81. The topological polar surface area (TPSA) is 43.2 Å². The molecule has 0 fully saturated rings. The van der Waals surface area contributed by atoms with Gasteiger partial charge < -0.3 is 5.32 Å². The molecule has 3 nitrogen and oxygen atoms in total. The van der Waals surface area contributed by atoms with Gasteiger partial charge in [-0.05, 0) is 12.8 Å². The van der Waals surface area contributed by atoms with Crippen molar-refractivity contribution >= 4 is 6.03 Å². The molecule has 0 heterocycles. The van der Waals surface area contributed by atoms with Gasteiger partial charge in [0.25, 0.3) is 0 Å². The quantitative estimate of drug-likeness (QED) is 0.600. The van der Waals surface area contributed by atoms with Crippen LogP contribution in [0.25, 0.3) is 0 Å². The van der Waals surface area contributed by atoms with Crippen molar-refractivity contribution in [3.63, 3.8) is 0 Å². The third kappa shape index (κ3) is 9.36. The van der Waals surface area contributed by atoms with Gasteiger partial charge in [-0.3, -0.25) is 0 Å². The Morgan fingerprint density at radius 3 is 2.43 bits per heavy atom. The van der Waals surface area contributed by atoms with Gasteiger partial charge >= 0.3 is 6.03 Å². The minimum atomic E-state index is -0.144. The minimum absolute atomic E-state index is 0.144. The van der Waals surface area contributed by atoms with Crippen LogP contribution in [0, 0.1) is 0 Å². The van der Waals surface area contributed by atoms with Crippen molar-refractivity contribution in [2.45, 2.75) is 52.4 Å². The van der Waals surface area contributed by atoms with Crippen LogP contribution in [-0.2, 0) is 0 Å². The SMILES string of the molecule is CCCCCC[N]C(=O)NCCCC. The number of carbonyl (C=O) groups excluding carboxylic acids is 1. The van der Waals surface area contributed by atoms with E-state index >= 15 is 0 Å². The molecule has 1 radical (unpaired) electrons. The molecule has 83 valence electrons. The molecule has 0 rings (SSSR count). The zero-order valence-electron chi connectivity index (χ0n) is 9.51. The summed E-state index contributed by atoms with van der Waals surface area (Å²) in [5, 5.41) is 6.69. The highest BCUT2D eigenvalue weighted by Gasteiger charge is 1.99. The number of unbranched alkanes of at least 4 members (excludes halogenated alkanes) is 4. The molecule has 2 amide bonds. The van der Waals surface area contributed by atoms with Crippen molar-refractivity contribution in [2.24, 2.45) is 0 Å². The van der Waals surface area contributed by atoms with Crippen LogP contribution < -0.4 is 10.6 Å². The first kappa shape index (κ1) is 13.3. The van der Waals surface area contributed by atoms with Gasteiger partial charge in [0.1, 0.15) is 0 Å². The average molecular weight is 199 g/mol. The summed E-state index contributed by atoms with van der Waals surface area (Å²) in [7, 11) is 0. The summed E-state index contributed by atoms with van der Waals surface area (Å²) in [5.74, 6) is 0. The predicted octanol–water partition coefficient (Wildman–Crippen LogP) is 2.68. The average Bonchev–Trinajstić information content (AvgIpc) is 2.18. The fraction of sp³-hybridized carbons (Fsp3) is 0.909. The molecule has 14 heavy (non-hydrogen) atoms. The van der Waals surface area contributed by atoms with E-state index in [1.807, 2.05) is 0 Å². The van der Waals surface area contributed by atoms with Crippen molar-refractivity contribution in [1.82, 2.24) is 10.6 Å². The van der Waals surface area contributed by atoms with E-state index in [2.05, 4.69) is 24.5 Å². The molecule has 0 unspecified atom stereocenters. The number of nitrogens with zero attached hydrogens (tertiary/aromatic N) is 1. The molecule has 0 aromatic heterocycles. The van der Waals surface area contributed by atoms with Crippen molar-refractivity contribution in [3.8, 4) is 0 Å². The molecule has 0 bridgehead atoms. The second kappa shape index (κ2) is 10.4. The molecule has 0 aliphatic heterocycles. The molecule has 0 aromatic rings. The Hall–Kier alpha value is -0.730. The Balaban J connectivity index is 3.10. The molecule has 0 spiro atoms. The van der Waals surface area contributed by atoms with Crippen LogP contribution in [0.5, 0.6) is 0 Å². The van der Waals surface area contributed by atoms with Crippen molar-refractivity contribution in [3.05, 3.63) is 0 Å². The third-order valence-corrected chi connectivity index (χ3v) is 2.07. The summed E-state index contributed by atoms with van der Waals surface area (Å²) in [6.07, 6.45) is 6.83. The van der Waals surface area contributed by atoms with E-state index in [9.17, 15) is 4.79 Å². The number of hydrogen-bond donors (Lipinski definition) is 1. The van der Waals surface area contributed by atoms with Gasteiger partial charge in [0.05, 0.1) is 0 Å². The fourth-order valence-corrected chi connectivity index (χ4v) is 1.15. The van der Waals surface area contributed by atoms with E-state index in [-0.39, 0.29) is 6.03 Å². The van der Waals surface area contributed by atoms with Gasteiger partial charge in [0.15, 0.2) is 0 Å². The number of carbonyl (C=O) groups is 1. The maximum Gasteiger partial charge on any atom is 0.336 e. The van der Waals surface area contributed by atoms with Gasteiger partial charge in [-0.25, -0.2) is 10.1 Å². The lowest BCUT2D eigenvalue weighted by Gasteiger charge is -2.03. The van der Waals surface area contributed by atoms with E-state index in [0.717, 1.165) is 25.8 Å². The number of amides is 2. The van der Waals surface area contributed by atoms with Gasteiger partial charge in [-0.2, -0.15) is 0 Å². The summed E-state index contributed by atoms with van der Waals surface area (Å²) in [6.45, 7) is 5.72. The second-order valence-corrected chi connectivity index (χ2v) is 3.53. The van der Waals surface area contributed by atoms with Gasteiger partial charge in [0.2, 0.25) is 0 Å². The molecule has 3 heteroatoms. The van der Waals surface area contributed by atoms with Crippen molar-refractivity contribution in [2.75, 3.05) is 13.1 Å². The van der Waals surface area contributed by atoms with E-state index in [1.54, 1.807) is 0 Å². The van der Waals surface area contributed by atoms with Crippen LogP contribution in [0.1, 0.15) is 52.4 Å². The van der Waals surface area contributed by atoms with Crippen molar-refractivity contribution < 1.29 is 4.79 Å². The third-order valence-electron chi connectivity index (χ3n) is 2.07. The molecule has 1 N–H and O–H groups in total. The zero-order valence-corrected chi connectivity index (χ0v) is 9.51. The summed E-state index contributed by atoms with van der Waals surface area (Å²) in [5.41, 5.74) is 0. The normalized spacial score (nSPS) is 9.86. The Bertz CT molecular complexity index is 137. The molecule has 0 aromatic carbocycles. The smallest absolute Gasteiger partial charge is 0.336 e. The van der Waals surface area contributed by atoms with E-state index in [4.69, 9.17) is 0 Å².